The first-order valence-electron chi connectivity index (χ1n) is 20.7. The van der Waals surface area contributed by atoms with E-state index in [9.17, 15) is 5.26 Å². The molecule has 0 saturated carbocycles. The summed E-state index contributed by atoms with van der Waals surface area (Å²) in [5.41, 5.74) is 6.53. The molecule has 0 N–H and O–H groups in total. The molecule has 10 aromatic rings. The van der Waals surface area contributed by atoms with Crippen LogP contribution in [0.4, 0.5) is 26.3 Å². The molecule has 314 valence electrons. The van der Waals surface area contributed by atoms with Crippen LogP contribution in [0, 0.1) is 39.0 Å². The van der Waals surface area contributed by atoms with Crippen LogP contribution in [-0.2, 0) is 12.4 Å². The zero-order chi connectivity index (χ0) is 44.8. The highest BCUT2D eigenvalue weighted by Gasteiger charge is 2.42. The molecule has 0 amide bonds. The molecule has 0 fully saturated rings. The Labute approximate surface area is 364 Å². The molecule has 0 saturated heterocycles. The van der Waals surface area contributed by atoms with Gasteiger partial charge in [0, 0.05) is 32.7 Å². The Balaban J connectivity index is 1.40. The quantitative estimate of drug-likeness (QED) is 0.159. The molecule has 3 nitrogen and oxygen atoms in total. The van der Waals surface area contributed by atoms with Gasteiger partial charge in [0.1, 0.15) is 0 Å². The number of rotatable bonds is 5. The number of alkyl halides is 6. The molecule has 64 heavy (non-hydrogen) atoms. The van der Waals surface area contributed by atoms with E-state index < -0.39 is 34.6 Å². The first-order chi connectivity index (χ1) is 30.6. The van der Waals surface area contributed by atoms with Crippen molar-refractivity contribution in [3.63, 3.8) is 0 Å². The van der Waals surface area contributed by atoms with E-state index in [-0.39, 0.29) is 11.3 Å². The second-order valence-corrected chi connectivity index (χ2v) is 16.6. The first kappa shape index (κ1) is 40.5. The predicted octanol–water partition coefficient (Wildman–Crippen LogP) is 16.0. The molecule has 0 aliphatic heterocycles. The predicted molar refractivity (Wildman–Crippen MR) is 245 cm³/mol. The summed E-state index contributed by atoms with van der Waals surface area (Å²) in [5.74, 6) is 0. The zero-order valence-electron chi connectivity index (χ0n) is 35.0. The van der Waals surface area contributed by atoms with Crippen molar-refractivity contribution in [2.75, 3.05) is 0 Å². The molecule has 9 heteroatoms. The van der Waals surface area contributed by atoms with E-state index in [1.165, 1.54) is 12.1 Å². The number of halogens is 6. The van der Waals surface area contributed by atoms with Crippen molar-refractivity contribution in [1.29, 1.82) is 5.26 Å². The van der Waals surface area contributed by atoms with Crippen LogP contribution in [0.1, 0.15) is 38.9 Å². The largest absolute Gasteiger partial charge is 0.417 e. The van der Waals surface area contributed by atoms with E-state index in [1.807, 2.05) is 122 Å². The van der Waals surface area contributed by atoms with Crippen LogP contribution in [0.15, 0.2) is 152 Å². The van der Waals surface area contributed by atoms with Gasteiger partial charge in [-0.25, -0.2) is 0 Å². The van der Waals surface area contributed by atoms with Crippen LogP contribution in [-0.4, -0.2) is 9.13 Å². The Kier molecular flexibility index (Phi) is 9.35. The Bertz CT molecular complexity index is 3520. The number of fused-ring (bicyclic) bond motifs is 6. The van der Waals surface area contributed by atoms with Crippen molar-refractivity contribution in [3.05, 3.63) is 191 Å². The summed E-state index contributed by atoms with van der Waals surface area (Å²) in [6.45, 7) is 8.09. The molecule has 0 bridgehead atoms. The molecule has 0 aliphatic carbocycles. The maximum Gasteiger partial charge on any atom is 0.417 e. The Morgan fingerprint density at radius 2 is 0.812 bits per heavy atom. The summed E-state index contributed by atoms with van der Waals surface area (Å²) in [6.07, 6.45) is -10.4. The maximum atomic E-state index is 15.0. The van der Waals surface area contributed by atoms with Crippen LogP contribution < -0.4 is 0 Å². The van der Waals surface area contributed by atoms with Gasteiger partial charge in [-0.2, -0.15) is 31.6 Å². The topological polar surface area (TPSA) is 33.6 Å². The number of para-hydroxylation sites is 2. The molecular weight excluding hydrogens is 817 g/mol. The van der Waals surface area contributed by atoms with Crippen LogP contribution in [0.5, 0.6) is 0 Å². The second-order valence-electron chi connectivity index (χ2n) is 16.6. The van der Waals surface area contributed by atoms with E-state index in [0.29, 0.717) is 28.9 Å². The van der Waals surface area contributed by atoms with Gasteiger partial charge in [-0.05, 0) is 98.5 Å². The van der Waals surface area contributed by atoms with Crippen molar-refractivity contribution < 1.29 is 26.3 Å². The van der Waals surface area contributed by atoms with Crippen LogP contribution in [0.25, 0.3) is 88.4 Å². The fourth-order valence-electron chi connectivity index (χ4n) is 9.65. The Hall–Kier alpha value is -7.57. The monoisotopic (exact) mass is 853 g/mol. The van der Waals surface area contributed by atoms with Gasteiger partial charge in [-0.15, -0.1) is 0 Å². The lowest BCUT2D eigenvalue weighted by atomic mass is 9.89. The Morgan fingerprint density at radius 1 is 0.406 bits per heavy atom. The molecule has 2 heterocycles. The van der Waals surface area contributed by atoms with Gasteiger partial charge in [0.15, 0.2) is 0 Å². The van der Waals surface area contributed by atoms with E-state index in [0.717, 1.165) is 83.2 Å². The number of nitriles is 1. The summed E-state index contributed by atoms with van der Waals surface area (Å²) in [4.78, 5) is 0. The molecule has 2 aromatic heterocycles. The number of aromatic nitrogens is 2. The minimum absolute atomic E-state index is 0.280. The van der Waals surface area contributed by atoms with Gasteiger partial charge >= 0.3 is 12.4 Å². The summed E-state index contributed by atoms with van der Waals surface area (Å²) < 4.78 is 94.0. The molecule has 0 atom stereocenters. The number of benzene rings is 8. The highest BCUT2D eigenvalue weighted by atomic mass is 19.4. The molecule has 8 aromatic carbocycles. The van der Waals surface area contributed by atoms with Gasteiger partial charge in [-0.1, -0.05) is 125 Å². The van der Waals surface area contributed by atoms with Crippen molar-refractivity contribution in [1.82, 2.24) is 9.13 Å². The zero-order valence-corrected chi connectivity index (χ0v) is 35.0. The lowest BCUT2D eigenvalue weighted by Gasteiger charge is -2.23. The fourth-order valence-corrected chi connectivity index (χ4v) is 9.65. The highest BCUT2D eigenvalue weighted by molar-refractivity contribution is 6.13. The number of hydrogen-bond acceptors (Lipinski definition) is 1. The van der Waals surface area contributed by atoms with E-state index in [1.54, 1.807) is 0 Å². The third-order valence-corrected chi connectivity index (χ3v) is 12.1. The van der Waals surface area contributed by atoms with Crippen molar-refractivity contribution in [2.24, 2.45) is 0 Å². The SMILES string of the molecule is Cc1cc(C)cc(-c2ccc3c4ccccc4n(-c4cc(C#N)c(-c5c(C(F)(F)F)cccc5C(F)(F)F)cc4-n4c5ccccc5c5ccc(-c6cc(C)cc(C)c6)cc54)c3c2)c1. The maximum absolute atomic E-state index is 15.0. The first-order valence-corrected chi connectivity index (χ1v) is 20.7. The molecular formula is C55H37F6N3. The average Bonchev–Trinajstić information content (AvgIpc) is 3.76. The molecule has 10 rings (SSSR count). The minimum Gasteiger partial charge on any atom is -0.307 e. The second kappa shape index (κ2) is 14.8. The van der Waals surface area contributed by atoms with E-state index >= 15 is 26.3 Å². The highest BCUT2D eigenvalue weighted by Crippen LogP contribution is 2.48. The molecule has 0 aliphatic rings. The van der Waals surface area contributed by atoms with Crippen molar-refractivity contribution in [3.8, 4) is 50.8 Å². The van der Waals surface area contributed by atoms with Gasteiger partial charge in [0.05, 0.1) is 56.2 Å². The van der Waals surface area contributed by atoms with E-state index in [4.69, 9.17) is 0 Å². The van der Waals surface area contributed by atoms with Gasteiger partial charge < -0.3 is 9.13 Å². The number of nitrogens with zero attached hydrogens (tertiary/aromatic N) is 3. The lowest BCUT2D eigenvalue weighted by molar-refractivity contribution is -0.142. The molecule has 0 unspecified atom stereocenters. The Morgan fingerprint density at radius 3 is 1.23 bits per heavy atom. The van der Waals surface area contributed by atoms with Crippen LogP contribution in [0.3, 0.4) is 0 Å². The van der Waals surface area contributed by atoms with Crippen molar-refractivity contribution >= 4 is 43.6 Å². The summed E-state index contributed by atoms with van der Waals surface area (Å²) >= 11 is 0. The van der Waals surface area contributed by atoms with Crippen molar-refractivity contribution in [2.45, 2.75) is 40.0 Å². The van der Waals surface area contributed by atoms with Crippen LogP contribution in [0.2, 0.25) is 0 Å². The number of hydrogen-bond donors (Lipinski definition) is 0. The summed E-state index contributed by atoms with van der Waals surface area (Å²) in [5, 5.41) is 14.3. The lowest BCUT2D eigenvalue weighted by Crippen LogP contribution is -2.15. The van der Waals surface area contributed by atoms with Gasteiger partial charge in [0.2, 0.25) is 0 Å². The third kappa shape index (κ3) is 6.69. The van der Waals surface area contributed by atoms with Gasteiger partial charge in [0.25, 0.3) is 0 Å². The summed E-state index contributed by atoms with van der Waals surface area (Å²) in [6, 6.07) is 46.8. The standard InChI is InChI=1S/C55H37F6N3/c1-31-20-32(2)23-37(22-31)35-16-18-42-40-10-5-7-14-47(40)63(49(42)26-35)51-28-39(30-62)44(53-45(54(56,57)58)12-9-13-46(53)55(59,60)61)29-52(51)64-48-15-8-6-11-41(48)43-19-17-36(27-50(43)64)38-24-33(3)21-34(4)25-38/h5-29H,1-4H3. The number of aryl methyl sites for hydroxylation is 4. The fraction of sp³-hybridized carbons (Fsp3) is 0.109. The smallest absolute Gasteiger partial charge is 0.307 e. The molecule has 0 spiro atoms. The summed E-state index contributed by atoms with van der Waals surface area (Å²) in [7, 11) is 0. The molecule has 0 radical (unpaired) electrons. The van der Waals surface area contributed by atoms with E-state index in [2.05, 4.69) is 42.5 Å². The average molecular weight is 854 g/mol. The van der Waals surface area contributed by atoms with Crippen LogP contribution >= 0.6 is 0 Å². The minimum atomic E-state index is -5.19. The third-order valence-electron chi connectivity index (χ3n) is 12.1. The normalized spacial score (nSPS) is 12.2. The van der Waals surface area contributed by atoms with Gasteiger partial charge in [-0.3, -0.25) is 0 Å².